The van der Waals surface area contributed by atoms with Crippen LogP contribution < -0.4 is 4.74 Å². The van der Waals surface area contributed by atoms with Crippen LogP contribution in [0.3, 0.4) is 0 Å². The number of hydrogen-bond donors (Lipinski definition) is 2. The van der Waals surface area contributed by atoms with E-state index < -0.39 is 7.82 Å². The fourth-order valence-electron chi connectivity index (χ4n) is 4.12. The quantitative estimate of drug-likeness (QED) is 0.147. The fraction of sp³-hybridized carbons (Fsp3) is 0.630. The number of unbranched alkanes of at least 4 members (excludes halogenated alkanes) is 10. The highest BCUT2D eigenvalue weighted by Gasteiger charge is 2.15. The molecule has 2 rings (SSSR count). The number of fused-ring (bicyclic) bond motifs is 1. The van der Waals surface area contributed by atoms with Crippen LogP contribution in [0.15, 0.2) is 42.5 Å². The summed E-state index contributed by atoms with van der Waals surface area (Å²) in [6.07, 6.45) is 15.0. The van der Waals surface area contributed by atoms with Gasteiger partial charge >= 0.3 is 7.82 Å². The molecule has 7 heteroatoms. The summed E-state index contributed by atoms with van der Waals surface area (Å²) < 4.78 is 27.3. The van der Waals surface area contributed by atoms with E-state index in [2.05, 4.69) is 29.6 Å². The summed E-state index contributed by atoms with van der Waals surface area (Å²) >= 11 is 0. The number of ether oxygens (including phenoxy) is 2. The summed E-state index contributed by atoms with van der Waals surface area (Å²) in [5.41, 5.74) is 0. The number of benzene rings is 2. The molecule has 0 aromatic heterocycles. The van der Waals surface area contributed by atoms with Gasteiger partial charge in [0, 0.05) is 5.39 Å². The predicted octanol–water partition coefficient (Wildman–Crippen LogP) is 7.41. The van der Waals surface area contributed by atoms with Crippen molar-refractivity contribution in [2.45, 2.75) is 90.1 Å². The fourth-order valence-corrected chi connectivity index (χ4v) is 4.43. The first-order valence-corrected chi connectivity index (χ1v) is 14.4. The Hall–Kier alpha value is -1.43. The lowest BCUT2D eigenvalue weighted by molar-refractivity contribution is 0.0277. The van der Waals surface area contributed by atoms with E-state index in [1.807, 2.05) is 24.3 Å². The van der Waals surface area contributed by atoms with Crippen molar-refractivity contribution in [3.63, 3.8) is 0 Å². The number of rotatable bonds is 20. The van der Waals surface area contributed by atoms with Gasteiger partial charge in [-0.05, 0) is 24.3 Å². The average molecular weight is 495 g/mol. The van der Waals surface area contributed by atoms with Crippen LogP contribution >= 0.6 is 7.82 Å². The largest absolute Gasteiger partial charge is 0.487 e. The van der Waals surface area contributed by atoms with Crippen LogP contribution in [0.5, 0.6) is 5.75 Å². The predicted molar refractivity (Wildman–Crippen MR) is 138 cm³/mol. The molecule has 192 valence electrons. The third-order valence-electron chi connectivity index (χ3n) is 5.96. The standard InChI is InChI=1S/C27H43O6P/c1-2-3-4-5-6-7-8-9-10-11-12-18-25(23-31-21-22-32-34(28,29)30)33-27-20-15-17-24-16-13-14-19-26(24)27/h13-17,19-20,25H,2-12,18,21-23H2,1H3,(H2,28,29,30). The van der Waals surface area contributed by atoms with Gasteiger partial charge in [0.05, 0.1) is 19.8 Å². The van der Waals surface area contributed by atoms with Crippen molar-refractivity contribution in [2.75, 3.05) is 19.8 Å². The molecule has 0 aliphatic rings. The summed E-state index contributed by atoms with van der Waals surface area (Å²) in [5, 5.41) is 2.20. The molecule has 1 atom stereocenters. The molecule has 2 aromatic rings. The minimum Gasteiger partial charge on any atom is -0.487 e. The maximum atomic E-state index is 10.8. The molecule has 2 N–H and O–H groups in total. The zero-order chi connectivity index (χ0) is 24.5. The van der Waals surface area contributed by atoms with Crippen LogP contribution in [0.1, 0.15) is 84.0 Å². The molecule has 0 fully saturated rings. The Kier molecular flexibility index (Phi) is 14.5. The van der Waals surface area contributed by atoms with Crippen molar-refractivity contribution in [2.24, 2.45) is 0 Å². The molecule has 0 amide bonds. The van der Waals surface area contributed by atoms with Crippen molar-refractivity contribution >= 4 is 18.6 Å². The van der Waals surface area contributed by atoms with Gasteiger partial charge in [-0.15, -0.1) is 0 Å². The van der Waals surface area contributed by atoms with Crippen molar-refractivity contribution in [1.29, 1.82) is 0 Å². The Bertz CT molecular complexity index is 831. The first-order chi connectivity index (χ1) is 16.5. The minimum absolute atomic E-state index is 0.110. The van der Waals surface area contributed by atoms with Gasteiger partial charge in [0.1, 0.15) is 11.9 Å². The number of phosphoric ester groups is 1. The summed E-state index contributed by atoms with van der Waals surface area (Å²) in [5.74, 6) is 0.834. The van der Waals surface area contributed by atoms with E-state index in [4.69, 9.17) is 19.3 Å². The minimum atomic E-state index is -4.46. The lowest BCUT2D eigenvalue weighted by Gasteiger charge is -2.20. The third kappa shape index (κ3) is 12.9. The summed E-state index contributed by atoms with van der Waals surface area (Å²) in [7, 11) is -4.46. The highest BCUT2D eigenvalue weighted by Crippen LogP contribution is 2.35. The molecule has 0 spiro atoms. The van der Waals surface area contributed by atoms with E-state index in [0.717, 1.165) is 29.4 Å². The lowest BCUT2D eigenvalue weighted by atomic mass is 10.0. The van der Waals surface area contributed by atoms with E-state index >= 15 is 0 Å². The lowest BCUT2D eigenvalue weighted by Crippen LogP contribution is -2.24. The number of phosphoric acid groups is 1. The zero-order valence-corrected chi connectivity index (χ0v) is 21.6. The topological polar surface area (TPSA) is 85.2 Å². The van der Waals surface area contributed by atoms with Gasteiger partial charge in [-0.1, -0.05) is 108 Å². The molecule has 0 saturated carbocycles. The Balaban J connectivity index is 1.74. The van der Waals surface area contributed by atoms with Crippen molar-refractivity contribution < 1.29 is 28.3 Å². The van der Waals surface area contributed by atoms with Crippen LogP contribution in [0, 0.1) is 0 Å². The second-order valence-electron chi connectivity index (χ2n) is 8.94. The van der Waals surface area contributed by atoms with Gasteiger partial charge in [-0.3, -0.25) is 4.52 Å². The molecule has 2 aromatic carbocycles. The first kappa shape index (κ1) is 28.8. The molecular weight excluding hydrogens is 451 g/mol. The molecule has 0 heterocycles. The molecule has 6 nitrogen and oxygen atoms in total. The molecule has 0 aliphatic carbocycles. The van der Waals surface area contributed by atoms with Crippen molar-refractivity contribution in [3.05, 3.63) is 42.5 Å². The normalized spacial score (nSPS) is 12.8. The Labute approximate surface area is 205 Å². The van der Waals surface area contributed by atoms with Crippen molar-refractivity contribution in [1.82, 2.24) is 0 Å². The summed E-state index contributed by atoms with van der Waals surface area (Å²) in [4.78, 5) is 17.6. The molecular formula is C27H43O6P. The second-order valence-corrected chi connectivity index (χ2v) is 10.2. The van der Waals surface area contributed by atoms with Gasteiger partial charge in [0.15, 0.2) is 0 Å². The van der Waals surface area contributed by atoms with E-state index in [-0.39, 0.29) is 19.3 Å². The maximum Gasteiger partial charge on any atom is 0.469 e. The molecule has 34 heavy (non-hydrogen) atoms. The summed E-state index contributed by atoms with van der Waals surface area (Å²) in [6, 6.07) is 14.2. The molecule has 1 unspecified atom stereocenters. The zero-order valence-electron chi connectivity index (χ0n) is 20.7. The van der Waals surface area contributed by atoms with Gasteiger partial charge in [-0.25, -0.2) is 4.57 Å². The van der Waals surface area contributed by atoms with E-state index in [1.54, 1.807) is 0 Å². The van der Waals surface area contributed by atoms with Crippen LogP contribution in [-0.4, -0.2) is 35.7 Å². The second kappa shape index (κ2) is 17.1. The van der Waals surface area contributed by atoms with Crippen LogP contribution in [-0.2, 0) is 13.8 Å². The maximum absolute atomic E-state index is 10.8. The van der Waals surface area contributed by atoms with Gasteiger partial charge < -0.3 is 19.3 Å². The van der Waals surface area contributed by atoms with E-state index in [0.29, 0.717) is 6.61 Å². The third-order valence-corrected chi connectivity index (χ3v) is 6.48. The molecule has 0 saturated heterocycles. The van der Waals surface area contributed by atoms with Gasteiger partial charge in [0.2, 0.25) is 0 Å². The van der Waals surface area contributed by atoms with Gasteiger partial charge in [0.25, 0.3) is 0 Å². The van der Waals surface area contributed by atoms with Crippen LogP contribution in [0.2, 0.25) is 0 Å². The monoisotopic (exact) mass is 494 g/mol. The highest BCUT2D eigenvalue weighted by atomic mass is 31.2. The SMILES string of the molecule is CCCCCCCCCCCCCC(COCCOP(=O)(O)O)Oc1cccc2ccccc12. The molecule has 0 aliphatic heterocycles. The Morgan fingerprint density at radius 1 is 0.794 bits per heavy atom. The Morgan fingerprint density at radius 2 is 1.41 bits per heavy atom. The van der Waals surface area contributed by atoms with Crippen molar-refractivity contribution in [3.8, 4) is 5.75 Å². The van der Waals surface area contributed by atoms with Crippen LogP contribution in [0.25, 0.3) is 10.8 Å². The number of hydrogen-bond acceptors (Lipinski definition) is 4. The van der Waals surface area contributed by atoms with E-state index in [1.165, 1.54) is 64.2 Å². The highest BCUT2D eigenvalue weighted by molar-refractivity contribution is 7.46. The van der Waals surface area contributed by atoms with Gasteiger partial charge in [-0.2, -0.15) is 0 Å². The van der Waals surface area contributed by atoms with Crippen LogP contribution in [0.4, 0.5) is 0 Å². The molecule has 0 bridgehead atoms. The Morgan fingerprint density at radius 3 is 2.09 bits per heavy atom. The van der Waals surface area contributed by atoms with E-state index in [9.17, 15) is 4.57 Å². The molecule has 0 radical (unpaired) electrons. The first-order valence-electron chi connectivity index (χ1n) is 12.9. The summed E-state index contributed by atoms with van der Waals surface area (Å²) in [6.45, 7) is 2.57. The average Bonchev–Trinajstić information content (AvgIpc) is 2.81. The smallest absolute Gasteiger partial charge is 0.469 e.